The maximum atomic E-state index is 11.6. The van der Waals surface area contributed by atoms with Gasteiger partial charge in [-0.3, -0.25) is 14.2 Å². The van der Waals surface area contributed by atoms with Crippen LogP contribution in [0.2, 0.25) is 0 Å². The van der Waals surface area contributed by atoms with Crippen molar-refractivity contribution in [3.8, 4) is 0 Å². The standard InChI is InChI=1S/C9H15N5O3/c1-13-8(16)7(12-14(2)9(13)17)11-5-3-4-6(10)15/h3-5H2,1-2H3,(H2,10,15)(H,11,12). The number of hydrogen-bond donors (Lipinski definition) is 2. The predicted molar refractivity (Wildman–Crippen MR) is 61.6 cm³/mol. The molecule has 0 radical (unpaired) electrons. The molecule has 8 heteroatoms. The molecule has 0 saturated heterocycles. The fourth-order valence-electron chi connectivity index (χ4n) is 1.28. The van der Waals surface area contributed by atoms with E-state index in [1.807, 2.05) is 0 Å². The summed E-state index contributed by atoms with van der Waals surface area (Å²) in [5.41, 5.74) is 3.99. The highest BCUT2D eigenvalue weighted by Crippen LogP contribution is 1.92. The van der Waals surface area contributed by atoms with E-state index in [4.69, 9.17) is 5.73 Å². The summed E-state index contributed by atoms with van der Waals surface area (Å²) >= 11 is 0. The molecular formula is C9H15N5O3. The highest BCUT2D eigenvalue weighted by atomic mass is 16.2. The first-order valence-corrected chi connectivity index (χ1v) is 5.10. The van der Waals surface area contributed by atoms with Gasteiger partial charge in [0.2, 0.25) is 11.7 Å². The summed E-state index contributed by atoms with van der Waals surface area (Å²) in [5, 5.41) is 6.56. The van der Waals surface area contributed by atoms with E-state index in [2.05, 4.69) is 10.4 Å². The van der Waals surface area contributed by atoms with Crippen LogP contribution in [0.5, 0.6) is 0 Å². The molecule has 1 aromatic heterocycles. The van der Waals surface area contributed by atoms with E-state index in [0.29, 0.717) is 13.0 Å². The van der Waals surface area contributed by atoms with E-state index in [9.17, 15) is 14.4 Å². The summed E-state index contributed by atoms with van der Waals surface area (Å²) in [5.74, 6) is -0.313. The summed E-state index contributed by atoms with van der Waals surface area (Å²) in [7, 11) is 2.83. The van der Waals surface area contributed by atoms with Gasteiger partial charge in [0, 0.05) is 27.1 Å². The van der Waals surface area contributed by atoms with Crippen molar-refractivity contribution in [3.63, 3.8) is 0 Å². The van der Waals surface area contributed by atoms with Crippen LogP contribution in [0.1, 0.15) is 12.8 Å². The van der Waals surface area contributed by atoms with Gasteiger partial charge in [0.15, 0.2) is 0 Å². The molecule has 0 saturated carbocycles. The molecule has 0 aromatic carbocycles. The second-order valence-electron chi connectivity index (χ2n) is 3.62. The Kier molecular flexibility index (Phi) is 4.02. The molecule has 0 fully saturated rings. The number of nitrogens with one attached hydrogen (secondary N) is 1. The highest BCUT2D eigenvalue weighted by molar-refractivity contribution is 5.73. The van der Waals surface area contributed by atoms with Crippen molar-refractivity contribution in [2.45, 2.75) is 12.8 Å². The topological polar surface area (TPSA) is 112 Å². The lowest BCUT2D eigenvalue weighted by Gasteiger charge is -2.07. The third kappa shape index (κ3) is 3.16. The second-order valence-corrected chi connectivity index (χ2v) is 3.62. The number of nitrogens with two attached hydrogens (primary N) is 1. The molecule has 94 valence electrons. The first kappa shape index (κ1) is 12.9. The Morgan fingerprint density at radius 1 is 1.41 bits per heavy atom. The van der Waals surface area contributed by atoms with Crippen LogP contribution in [0, 0.1) is 0 Å². The third-order valence-corrected chi connectivity index (χ3v) is 2.21. The zero-order chi connectivity index (χ0) is 13.0. The van der Waals surface area contributed by atoms with Crippen LogP contribution >= 0.6 is 0 Å². The van der Waals surface area contributed by atoms with Crippen LogP contribution < -0.4 is 22.3 Å². The Morgan fingerprint density at radius 2 is 2.06 bits per heavy atom. The summed E-state index contributed by atoms with van der Waals surface area (Å²) in [6, 6.07) is 0. The fourth-order valence-corrected chi connectivity index (χ4v) is 1.28. The Labute approximate surface area is 97.0 Å². The van der Waals surface area contributed by atoms with Crippen LogP contribution in [0.3, 0.4) is 0 Å². The maximum absolute atomic E-state index is 11.6. The van der Waals surface area contributed by atoms with Gasteiger partial charge >= 0.3 is 5.69 Å². The lowest BCUT2D eigenvalue weighted by Crippen LogP contribution is -2.40. The molecule has 3 N–H and O–H groups in total. The Morgan fingerprint density at radius 3 is 2.65 bits per heavy atom. The molecule has 0 aliphatic heterocycles. The van der Waals surface area contributed by atoms with E-state index >= 15 is 0 Å². The quantitative estimate of drug-likeness (QED) is 0.588. The van der Waals surface area contributed by atoms with Crippen LogP contribution in [0.4, 0.5) is 5.82 Å². The highest BCUT2D eigenvalue weighted by Gasteiger charge is 2.07. The van der Waals surface area contributed by atoms with Crippen LogP contribution in [0.15, 0.2) is 9.59 Å². The van der Waals surface area contributed by atoms with Crippen molar-refractivity contribution in [3.05, 3.63) is 20.8 Å². The molecule has 1 rings (SSSR count). The van der Waals surface area contributed by atoms with Gasteiger partial charge in [-0.2, -0.15) is 0 Å². The van der Waals surface area contributed by atoms with Crippen molar-refractivity contribution in [1.29, 1.82) is 0 Å². The van der Waals surface area contributed by atoms with Crippen LogP contribution in [-0.2, 0) is 18.9 Å². The summed E-state index contributed by atoms with van der Waals surface area (Å²) in [4.78, 5) is 33.4. The van der Waals surface area contributed by atoms with E-state index < -0.39 is 17.2 Å². The summed E-state index contributed by atoms with van der Waals surface area (Å²) < 4.78 is 2.03. The molecule has 0 aliphatic carbocycles. The normalized spacial score (nSPS) is 10.2. The van der Waals surface area contributed by atoms with Crippen molar-refractivity contribution in [2.75, 3.05) is 11.9 Å². The molecule has 1 aromatic rings. The Balaban J connectivity index is 2.76. The molecule has 17 heavy (non-hydrogen) atoms. The third-order valence-electron chi connectivity index (χ3n) is 2.21. The lowest BCUT2D eigenvalue weighted by atomic mass is 10.3. The zero-order valence-corrected chi connectivity index (χ0v) is 9.77. The average Bonchev–Trinajstić information content (AvgIpc) is 2.27. The minimum absolute atomic E-state index is 0.0825. The van der Waals surface area contributed by atoms with Gasteiger partial charge in [-0.05, 0) is 6.42 Å². The van der Waals surface area contributed by atoms with Crippen molar-refractivity contribution in [1.82, 2.24) is 14.3 Å². The number of carbonyl (C=O) groups excluding carboxylic acids is 1. The molecular weight excluding hydrogens is 226 g/mol. The number of aryl methyl sites for hydroxylation is 1. The number of amides is 1. The predicted octanol–water partition coefficient (Wildman–Crippen LogP) is -1.84. The van der Waals surface area contributed by atoms with Crippen molar-refractivity contribution in [2.24, 2.45) is 19.8 Å². The largest absolute Gasteiger partial charge is 0.370 e. The Hall–Kier alpha value is -2.12. The number of aromatic nitrogens is 3. The van der Waals surface area contributed by atoms with E-state index in [1.54, 1.807) is 0 Å². The second kappa shape index (κ2) is 5.28. The maximum Gasteiger partial charge on any atom is 0.346 e. The van der Waals surface area contributed by atoms with Crippen molar-refractivity contribution < 1.29 is 4.79 Å². The average molecular weight is 241 g/mol. The molecule has 0 aliphatic rings. The SMILES string of the molecule is Cn1nc(NCCCC(N)=O)c(=O)n(C)c1=O. The summed E-state index contributed by atoms with van der Waals surface area (Å²) in [6.45, 7) is 0.392. The van der Waals surface area contributed by atoms with E-state index in [1.165, 1.54) is 14.1 Å². The van der Waals surface area contributed by atoms with Crippen LogP contribution in [0.25, 0.3) is 0 Å². The fraction of sp³-hybridized carbons (Fsp3) is 0.556. The number of nitrogens with zero attached hydrogens (tertiary/aromatic N) is 3. The summed E-state index contributed by atoms with van der Waals surface area (Å²) in [6.07, 6.45) is 0.738. The Bertz CT molecular complexity index is 530. The number of primary amides is 1. The van der Waals surface area contributed by atoms with Gasteiger partial charge in [-0.25, -0.2) is 9.48 Å². The van der Waals surface area contributed by atoms with Gasteiger partial charge in [-0.1, -0.05) is 0 Å². The minimum atomic E-state index is -0.493. The number of carbonyl (C=O) groups is 1. The van der Waals surface area contributed by atoms with E-state index in [0.717, 1.165) is 9.25 Å². The molecule has 8 nitrogen and oxygen atoms in total. The van der Waals surface area contributed by atoms with Gasteiger partial charge in [0.05, 0.1) is 0 Å². The molecule has 0 bridgehead atoms. The molecule has 1 heterocycles. The minimum Gasteiger partial charge on any atom is -0.370 e. The number of hydrogen-bond acceptors (Lipinski definition) is 5. The van der Waals surface area contributed by atoms with E-state index in [-0.39, 0.29) is 12.2 Å². The smallest absolute Gasteiger partial charge is 0.346 e. The molecule has 0 atom stereocenters. The van der Waals surface area contributed by atoms with Gasteiger partial charge in [-0.15, -0.1) is 5.10 Å². The van der Waals surface area contributed by atoms with Gasteiger partial charge in [0.25, 0.3) is 5.56 Å². The first-order valence-electron chi connectivity index (χ1n) is 5.10. The molecule has 1 amide bonds. The molecule has 0 spiro atoms. The number of anilines is 1. The van der Waals surface area contributed by atoms with Gasteiger partial charge < -0.3 is 11.1 Å². The lowest BCUT2D eigenvalue weighted by molar-refractivity contribution is -0.118. The zero-order valence-electron chi connectivity index (χ0n) is 9.77. The van der Waals surface area contributed by atoms with Gasteiger partial charge in [0.1, 0.15) is 0 Å². The monoisotopic (exact) mass is 241 g/mol. The first-order chi connectivity index (χ1) is 7.93. The van der Waals surface area contributed by atoms with Crippen molar-refractivity contribution >= 4 is 11.7 Å². The number of rotatable bonds is 5. The molecule has 0 unspecified atom stereocenters. The van der Waals surface area contributed by atoms with Crippen LogP contribution in [-0.4, -0.2) is 26.8 Å².